The Morgan fingerprint density at radius 1 is 1.12 bits per heavy atom. The molecule has 24 heavy (non-hydrogen) atoms. The van der Waals surface area contributed by atoms with Gasteiger partial charge in [-0.15, -0.1) is 0 Å². The van der Waals surface area contributed by atoms with Crippen LogP contribution in [0.15, 0.2) is 59.4 Å². The van der Waals surface area contributed by atoms with Crippen LogP contribution >= 0.6 is 11.6 Å². The number of anilines is 1. The molecule has 0 aliphatic heterocycles. The third-order valence-electron chi connectivity index (χ3n) is 3.65. The highest BCUT2D eigenvalue weighted by Crippen LogP contribution is 2.19. The summed E-state index contributed by atoms with van der Waals surface area (Å²) in [5.41, 5.74) is 1.61. The highest BCUT2D eigenvalue weighted by atomic mass is 35.5. The summed E-state index contributed by atoms with van der Waals surface area (Å²) < 4.78 is 1.70. The van der Waals surface area contributed by atoms with Gasteiger partial charge in [0.25, 0.3) is 11.5 Å². The van der Waals surface area contributed by atoms with E-state index in [4.69, 9.17) is 11.6 Å². The topological polar surface area (TPSA) is 79.3 Å². The van der Waals surface area contributed by atoms with Crippen LogP contribution in [0.2, 0.25) is 5.02 Å². The van der Waals surface area contributed by atoms with Crippen molar-refractivity contribution < 1.29 is 4.79 Å². The van der Waals surface area contributed by atoms with Crippen molar-refractivity contribution in [1.82, 2.24) is 14.4 Å². The van der Waals surface area contributed by atoms with E-state index in [1.807, 2.05) is 24.3 Å². The number of carbonyl (C=O) groups excluding carboxylic acids is 1. The lowest BCUT2D eigenvalue weighted by Gasteiger charge is -2.08. The Morgan fingerprint density at radius 3 is 2.67 bits per heavy atom. The van der Waals surface area contributed by atoms with E-state index in [1.165, 1.54) is 6.07 Å². The zero-order valence-corrected chi connectivity index (χ0v) is 13.0. The molecule has 7 heteroatoms. The molecule has 2 aromatic heterocycles. The summed E-state index contributed by atoms with van der Waals surface area (Å²) in [6.45, 7) is 0. The summed E-state index contributed by atoms with van der Waals surface area (Å²) in [5, 5.41) is 3.31. The Balaban J connectivity index is 1.85. The van der Waals surface area contributed by atoms with Gasteiger partial charge in [-0.25, -0.2) is 4.98 Å². The highest BCUT2D eigenvalue weighted by molar-refractivity contribution is 6.30. The van der Waals surface area contributed by atoms with Crippen LogP contribution in [-0.2, 0) is 0 Å². The largest absolute Gasteiger partial charge is 0.307 e. The molecular weight excluding hydrogens is 328 g/mol. The second kappa shape index (κ2) is 5.50. The first kappa shape index (κ1) is 14.5. The van der Waals surface area contributed by atoms with Gasteiger partial charge in [-0.2, -0.15) is 0 Å². The molecule has 118 valence electrons. The summed E-state index contributed by atoms with van der Waals surface area (Å²) in [5.74, 6) is 0.383. The van der Waals surface area contributed by atoms with Crippen molar-refractivity contribution in [2.45, 2.75) is 0 Å². The number of hydrogen-bond donors (Lipinski definition) is 2. The van der Waals surface area contributed by atoms with Crippen molar-refractivity contribution in [3.05, 3.63) is 75.5 Å². The Morgan fingerprint density at radius 2 is 1.88 bits per heavy atom. The molecule has 4 rings (SSSR count). The third kappa shape index (κ3) is 2.43. The van der Waals surface area contributed by atoms with Gasteiger partial charge in [-0.1, -0.05) is 23.7 Å². The van der Waals surface area contributed by atoms with Gasteiger partial charge in [0.05, 0.1) is 11.0 Å². The molecule has 0 bridgehead atoms. The van der Waals surface area contributed by atoms with Crippen molar-refractivity contribution in [3.63, 3.8) is 0 Å². The van der Waals surface area contributed by atoms with Crippen LogP contribution in [0.5, 0.6) is 0 Å². The maximum absolute atomic E-state index is 12.4. The number of fused-ring (bicyclic) bond motifs is 3. The smallest absolute Gasteiger partial charge is 0.256 e. The number of nitrogens with zero attached hydrogens (tertiary/aromatic N) is 2. The van der Waals surface area contributed by atoms with Gasteiger partial charge < -0.3 is 5.32 Å². The minimum Gasteiger partial charge on any atom is -0.307 e. The molecule has 0 unspecified atom stereocenters. The zero-order chi connectivity index (χ0) is 16.7. The van der Waals surface area contributed by atoms with E-state index in [0.29, 0.717) is 22.2 Å². The first-order valence-corrected chi connectivity index (χ1v) is 7.57. The monoisotopic (exact) mass is 338 g/mol. The number of aromatic amines is 1. The molecule has 0 saturated heterocycles. The summed E-state index contributed by atoms with van der Waals surface area (Å²) >= 11 is 5.84. The van der Waals surface area contributed by atoms with Crippen molar-refractivity contribution in [2.75, 3.05) is 5.32 Å². The van der Waals surface area contributed by atoms with Crippen LogP contribution in [0.4, 0.5) is 5.82 Å². The SMILES string of the molecule is O=C(Nc1cc(=O)[nH]c2nc3ccccc3n12)c1ccc(Cl)cc1. The number of amides is 1. The Labute approximate surface area is 140 Å². The lowest BCUT2D eigenvalue weighted by atomic mass is 10.2. The van der Waals surface area contributed by atoms with Gasteiger partial charge in [0, 0.05) is 16.7 Å². The molecule has 0 fully saturated rings. The predicted octanol–water partition coefficient (Wildman–Crippen LogP) is 3.08. The van der Waals surface area contributed by atoms with Crippen molar-refractivity contribution >= 4 is 40.1 Å². The molecule has 0 spiro atoms. The molecule has 0 saturated carbocycles. The maximum Gasteiger partial charge on any atom is 0.256 e. The van der Waals surface area contributed by atoms with Crippen LogP contribution in [-0.4, -0.2) is 20.3 Å². The summed E-state index contributed by atoms with van der Waals surface area (Å²) in [7, 11) is 0. The second-order valence-electron chi connectivity index (χ2n) is 5.24. The molecule has 1 amide bonds. The minimum atomic E-state index is -0.343. The predicted molar refractivity (Wildman–Crippen MR) is 92.7 cm³/mol. The van der Waals surface area contributed by atoms with E-state index in [1.54, 1.807) is 28.7 Å². The Hall–Kier alpha value is -3.12. The second-order valence-corrected chi connectivity index (χ2v) is 5.68. The van der Waals surface area contributed by atoms with Gasteiger partial charge in [0.15, 0.2) is 0 Å². The molecule has 4 aromatic rings. The molecule has 0 aliphatic carbocycles. The number of halogens is 1. The van der Waals surface area contributed by atoms with Gasteiger partial charge >= 0.3 is 0 Å². The third-order valence-corrected chi connectivity index (χ3v) is 3.90. The van der Waals surface area contributed by atoms with Gasteiger partial charge in [-0.05, 0) is 36.4 Å². The lowest BCUT2D eigenvalue weighted by Crippen LogP contribution is -2.18. The average molecular weight is 339 g/mol. The number of imidazole rings is 1. The number of H-pyrrole nitrogens is 1. The summed E-state index contributed by atoms with van der Waals surface area (Å²) in [4.78, 5) is 31.3. The Kier molecular flexibility index (Phi) is 3.32. The average Bonchev–Trinajstić information content (AvgIpc) is 2.93. The van der Waals surface area contributed by atoms with Gasteiger partial charge in [-0.3, -0.25) is 19.0 Å². The van der Waals surface area contributed by atoms with Crippen LogP contribution < -0.4 is 10.9 Å². The molecule has 0 atom stereocenters. The normalized spacial score (nSPS) is 11.0. The zero-order valence-electron chi connectivity index (χ0n) is 12.3. The van der Waals surface area contributed by atoms with Crippen molar-refractivity contribution in [3.8, 4) is 0 Å². The van der Waals surface area contributed by atoms with Crippen LogP contribution in [0.25, 0.3) is 16.8 Å². The van der Waals surface area contributed by atoms with Crippen molar-refractivity contribution in [2.24, 2.45) is 0 Å². The number of aromatic nitrogens is 3. The molecule has 6 nitrogen and oxygen atoms in total. The van der Waals surface area contributed by atoms with Crippen molar-refractivity contribution in [1.29, 1.82) is 0 Å². The first-order chi connectivity index (χ1) is 11.6. The highest BCUT2D eigenvalue weighted by Gasteiger charge is 2.13. The molecule has 2 N–H and O–H groups in total. The van der Waals surface area contributed by atoms with E-state index in [0.717, 1.165) is 11.0 Å². The molecule has 0 radical (unpaired) electrons. The Bertz CT molecular complexity index is 1130. The number of nitrogens with one attached hydrogen (secondary N) is 2. The fourth-order valence-electron chi connectivity index (χ4n) is 2.57. The van der Waals surface area contributed by atoms with E-state index in [-0.39, 0.29) is 11.5 Å². The number of para-hydroxylation sites is 2. The number of carbonyl (C=O) groups is 1. The number of benzene rings is 2. The maximum atomic E-state index is 12.4. The van der Waals surface area contributed by atoms with E-state index >= 15 is 0 Å². The summed E-state index contributed by atoms with van der Waals surface area (Å²) in [6, 6.07) is 15.3. The quantitative estimate of drug-likeness (QED) is 0.589. The van der Waals surface area contributed by atoms with Crippen LogP contribution in [0.3, 0.4) is 0 Å². The molecule has 0 aliphatic rings. The molecule has 2 aromatic carbocycles. The fraction of sp³-hybridized carbons (Fsp3) is 0. The van der Waals surface area contributed by atoms with E-state index < -0.39 is 0 Å². The molecule has 2 heterocycles. The fourth-order valence-corrected chi connectivity index (χ4v) is 2.70. The van der Waals surface area contributed by atoms with E-state index in [9.17, 15) is 9.59 Å². The van der Waals surface area contributed by atoms with Gasteiger partial charge in [0.1, 0.15) is 5.82 Å². The number of rotatable bonds is 2. The van der Waals surface area contributed by atoms with Crippen LogP contribution in [0, 0.1) is 0 Å². The standard InChI is InChI=1S/C17H11ClN4O2/c18-11-7-5-10(6-8-11)16(24)20-14-9-15(23)21-17-19-12-3-1-2-4-13(12)22(14)17/h1-9H,(H,20,24)(H,19,21,23). The number of hydrogen-bond acceptors (Lipinski definition) is 3. The summed E-state index contributed by atoms with van der Waals surface area (Å²) in [6.07, 6.45) is 0. The minimum absolute atomic E-state index is 0.337. The van der Waals surface area contributed by atoms with Gasteiger partial charge in [0.2, 0.25) is 5.78 Å². The van der Waals surface area contributed by atoms with Crippen LogP contribution in [0.1, 0.15) is 10.4 Å². The molecular formula is C17H11ClN4O2. The lowest BCUT2D eigenvalue weighted by molar-refractivity contribution is 0.102. The van der Waals surface area contributed by atoms with E-state index in [2.05, 4.69) is 15.3 Å². The first-order valence-electron chi connectivity index (χ1n) is 7.19.